The predicted molar refractivity (Wildman–Crippen MR) is 58.4 cm³/mol. The summed E-state index contributed by atoms with van der Waals surface area (Å²) in [5.74, 6) is 0.691. The van der Waals surface area contributed by atoms with Crippen LogP contribution >= 0.6 is 0 Å². The van der Waals surface area contributed by atoms with Gasteiger partial charge < -0.3 is 14.8 Å². The molecule has 1 heterocycles. The Kier molecular flexibility index (Phi) is 4.04. The monoisotopic (exact) mass is 225 g/mol. The van der Waals surface area contributed by atoms with Gasteiger partial charge in [0.05, 0.1) is 19.8 Å². The van der Waals surface area contributed by atoms with Gasteiger partial charge in [-0.2, -0.15) is 0 Å². The lowest BCUT2D eigenvalue weighted by atomic mass is 10.3. The van der Waals surface area contributed by atoms with Crippen molar-refractivity contribution in [1.29, 1.82) is 0 Å². The van der Waals surface area contributed by atoms with Gasteiger partial charge in [-0.05, 0) is 13.8 Å². The van der Waals surface area contributed by atoms with Crippen LogP contribution in [-0.2, 0) is 9.53 Å². The van der Waals surface area contributed by atoms with E-state index in [0.717, 1.165) is 5.56 Å². The van der Waals surface area contributed by atoms with E-state index in [4.69, 9.17) is 4.74 Å². The van der Waals surface area contributed by atoms with Gasteiger partial charge in [0.15, 0.2) is 0 Å². The zero-order valence-electron chi connectivity index (χ0n) is 9.77. The third kappa shape index (κ3) is 2.59. The van der Waals surface area contributed by atoms with Crippen LogP contribution < -0.4 is 10.1 Å². The number of anilines is 1. The van der Waals surface area contributed by atoms with E-state index in [9.17, 15) is 4.79 Å². The molecular formula is C10H15N3O3. The highest BCUT2D eigenvalue weighted by molar-refractivity contribution is 5.78. The highest BCUT2D eigenvalue weighted by Gasteiger charge is 2.15. The number of rotatable bonds is 4. The lowest BCUT2D eigenvalue weighted by Crippen LogP contribution is -2.28. The normalized spacial score (nSPS) is 11.8. The number of methoxy groups -OCH3 is 2. The molecule has 88 valence electrons. The first-order valence-electron chi connectivity index (χ1n) is 4.80. The second-order valence-electron chi connectivity index (χ2n) is 3.25. The SMILES string of the molecule is COC(=O)C(C)Nc1ncnc(OC)c1C. The summed E-state index contributed by atoms with van der Waals surface area (Å²) in [6.07, 6.45) is 1.37. The highest BCUT2D eigenvalue weighted by Crippen LogP contribution is 2.20. The molecule has 6 heteroatoms. The molecule has 16 heavy (non-hydrogen) atoms. The van der Waals surface area contributed by atoms with Gasteiger partial charge in [-0.1, -0.05) is 0 Å². The van der Waals surface area contributed by atoms with E-state index >= 15 is 0 Å². The summed E-state index contributed by atoms with van der Waals surface area (Å²) >= 11 is 0. The number of hydrogen-bond acceptors (Lipinski definition) is 6. The number of aromatic nitrogens is 2. The van der Waals surface area contributed by atoms with Crippen LogP contribution in [-0.4, -0.2) is 36.2 Å². The molecule has 0 amide bonds. The molecule has 1 aromatic rings. The van der Waals surface area contributed by atoms with E-state index in [1.54, 1.807) is 6.92 Å². The van der Waals surface area contributed by atoms with E-state index in [-0.39, 0.29) is 5.97 Å². The molecule has 1 unspecified atom stereocenters. The third-order valence-electron chi connectivity index (χ3n) is 2.14. The number of nitrogens with zero attached hydrogens (tertiary/aromatic N) is 2. The highest BCUT2D eigenvalue weighted by atomic mass is 16.5. The molecule has 0 aromatic carbocycles. The van der Waals surface area contributed by atoms with Crippen LogP contribution in [0.15, 0.2) is 6.33 Å². The fourth-order valence-corrected chi connectivity index (χ4v) is 1.23. The Morgan fingerprint density at radius 2 is 2.12 bits per heavy atom. The van der Waals surface area contributed by atoms with Gasteiger partial charge in [-0.15, -0.1) is 0 Å². The van der Waals surface area contributed by atoms with Crippen LogP contribution in [0, 0.1) is 6.92 Å². The van der Waals surface area contributed by atoms with Crippen molar-refractivity contribution >= 4 is 11.8 Å². The summed E-state index contributed by atoms with van der Waals surface area (Å²) in [7, 11) is 2.87. The maximum absolute atomic E-state index is 11.2. The summed E-state index contributed by atoms with van der Waals surface area (Å²) in [6.45, 7) is 3.50. The van der Waals surface area contributed by atoms with E-state index in [1.807, 2.05) is 6.92 Å². The smallest absolute Gasteiger partial charge is 0.328 e. The summed E-state index contributed by atoms with van der Waals surface area (Å²) in [6, 6.07) is -0.469. The number of nitrogens with one attached hydrogen (secondary N) is 1. The Morgan fingerprint density at radius 3 is 2.69 bits per heavy atom. The predicted octanol–water partition coefficient (Wildman–Crippen LogP) is 0.767. The lowest BCUT2D eigenvalue weighted by Gasteiger charge is -2.14. The number of hydrogen-bond donors (Lipinski definition) is 1. The molecular weight excluding hydrogens is 210 g/mol. The zero-order chi connectivity index (χ0) is 12.1. The van der Waals surface area contributed by atoms with Crippen LogP contribution in [0.1, 0.15) is 12.5 Å². The fraction of sp³-hybridized carbons (Fsp3) is 0.500. The molecule has 6 nitrogen and oxygen atoms in total. The molecule has 0 fully saturated rings. The molecule has 0 saturated carbocycles. The first-order valence-corrected chi connectivity index (χ1v) is 4.80. The lowest BCUT2D eigenvalue weighted by molar-refractivity contribution is -0.141. The van der Waals surface area contributed by atoms with Gasteiger partial charge in [0.2, 0.25) is 5.88 Å². The molecule has 1 aromatic heterocycles. The first-order chi connectivity index (χ1) is 7.60. The molecule has 1 atom stereocenters. The zero-order valence-corrected chi connectivity index (χ0v) is 9.77. The van der Waals surface area contributed by atoms with Crippen molar-refractivity contribution < 1.29 is 14.3 Å². The molecule has 1 rings (SSSR count). The van der Waals surface area contributed by atoms with Crippen molar-refractivity contribution in [3.05, 3.63) is 11.9 Å². The van der Waals surface area contributed by atoms with E-state index in [0.29, 0.717) is 11.7 Å². The maximum Gasteiger partial charge on any atom is 0.328 e. The average Bonchev–Trinajstić information content (AvgIpc) is 2.30. The second kappa shape index (κ2) is 5.29. The second-order valence-corrected chi connectivity index (χ2v) is 3.25. The van der Waals surface area contributed by atoms with Crippen molar-refractivity contribution in [1.82, 2.24) is 9.97 Å². The number of carbonyl (C=O) groups excluding carboxylic acids is 1. The standard InChI is InChI=1S/C10H15N3O3/c1-6-8(11-5-12-9(6)15-3)13-7(2)10(14)16-4/h5,7H,1-4H3,(H,11,12,13). The van der Waals surface area contributed by atoms with Crippen molar-refractivity contribution in [2.24, 2.45) is 0 Å². The van der Waals surface area contributed by atoms with Crippen LogP contribution in [0.25, 0.3) is 0 Å². The number of esters is 1. The van der Waals surface area contributed by atoms with Crippen LogP contribution in [0.4, 0.5) is 5.82 Å². The summed E-state index contributed by atoms with van der Waals surface area (Å²) in [5, 5.41) is 2.93. The third-order valence-corrected chi connectivity index (χ3v) is 2.14. The minimum atomic E-state index is -0.469. The Morgan fingerprint density at radius 1 is 1.44 bits per heavy atom. The van der Waals surface area contributed by atoms with Crippen LogP contribution in [0.2, 0.25) is 0 Å². The Hall–Kier alpha value is -1.85. The van der Waals surface area contributed by atoms with E-state index in [2.05, 4.69) is 20.0 Å². The molecule has 0 aliphatic carbocycles. The minimum absolute atomic E-state index is 0.350. The summed E-state index contributed by atoms with van der Waals surface area (Å²) in [5.41, 5.74) is 0.751. The number of carbonyl (C=O) groups is 1. The molecule has 0 saturated heterocycles. The Labute approximate surface area is 94.0 Å². The van der Waals surface area contributed by atoms with Gasteiger partial charge in [-0.3, -0.25) is 0 Å². The first kappa shape index (κ1) is 12.2. The topological polar surface area (TPSA) is 73.3 Å². The summed E-state index contributed by atoms with van der Waals surface area (Å²) < 4.78 is 9.65. The molecule has 0 radical (unpaired) electrons. The number of ether oxygens (including phenoxy) is 2. The van der Waals surface area contributed by atoms with Gasteiger partial charge in [0.1, 0.15) is 18.2 Å². The van der Waals surface area contributed by atoms with Crippen molar-refractivity contribution in [2.75, 3.05) is 19.5 Å². The maximum atomic E-state index is 11.2. The van der Waals surface area contributed by atoms with Crippen LogP contribution in [0.5, 0.6) is 5.88 Å². The molecule has 0 aliphatic heterocycles. The molecule has 0 aliphatic rings. The molecule has 0 bridgehead atoms. The van der Waals surface area contributed by atoms with Gasteiger partial charge in [0.25, 0.3) is 0 Å². The van der Waals surface area contributed by atoms with Crippen LogP contribution in [0.3, 0.4) is 0 Å². The van der Waals surface area contributed by atoms with E-state index < -0.39 is 6.04 Å². The van der Waals surface area contributed by atoms with E-state index in [1.165, 1.54) is 20.5 Å². The Balaban J connectivity index is 2.85. The fourth-order valence-electron chi connectivity index (χ4n) is 1.23. The Bertz CT molecular complexity index is 382. The van der Waals surface area contributed by atoms with Gasteiger partial charge in [-0.25, -0.2) is 14.8 Å². The van der Waals surface area contributed by atoms with Crippen molar-refractivity contribution in [2.45, 2.75) is 19.9 Å². The average molecular weight is 225 g/mol. The van der Waals surface area contributed by atoms with Gasteiger partial charge in [0, 0.05) is 0 Å². The van der Waals surface area contributed by atoms with Gasteiger partial charge >= 0.3 is 5.97 Å². The minimum Gasteiger partial charge on any atom is -0.481 e. The van der Waals surface area contributed by atoms with Crippen molar-refractivity contribution in [3.63, 3.8) is 0 Å². The largest absolute Gasteiger partial charge is 0.481 e. The molecule has 0 spiro atoms. The quantitative estimate of drug-likeness (QED) is 0.763. The van der Waals surface area contributed by atoms with Crippen molar-refractivity contribution in [3.8, 4) is 5.88 Å². The molecule has 1 N–H and O–H groups in total. The summed E-state index contributed by atoms with van der Waals surface area (Å²) in [4.78, 5) is 19.2.